The van der Waals surface area contributed by atoms with E-state index in [2.05, 4.69) is 5.16 Å². The molecule has 1 aromatic rings. The number of nitrogens with two attached hydrogens (primary N) is 1. The molecule has 0 aliphatic heterocycles. The number of amidine groups is 1. The Balaban J connectivity index is 2.28. The number of hydrogen-bond donors (Lipinski definition) is 2. The zero-order valence-corrected chi connectivity index (χ0v) is 7.18. The van der Waals surface area contributed by atoms with Crippen LogP contribution in [0.2, 0.25) is 0 Å². The molecule has 0 saturated carbocycles. The highest BCUT2D eigenvalue weighted by Gasteiger charge is 1.94. The van der Waals surface area contributed by atoms with Crippen LogP contribution >= 0.6 is 0 Å². The molecule has 1 aromatic carbocycles. The van der Waals surface area contributed by atoms with Crippen molar-refractivity contribution in [1.82, 2.24) is 0 Å². The van der Waals surface area contributed by atoms with Crippen LogP contribution in [0.4, 0.5) is 0 Å². The van der Waals surface area contributed by atoms with Crippen molar-refractivity contribution >= 4 is 5.84 Å². The standard InChI is InChI=1S/C9H12N2O2/c10-9(11-12)7-13-6-8-4-2-1-3-5-8/h1-5,12H,6-7H2,(H2,10,11). The van der Waals surface area contributed by atoms with Crippen LogP contribution in [0, 0.1) is 0 Å². The second-order valence-corrected chi connectivity index (χ2v) is 2.57. The molecule has 0 aromatic heterocycles. The number of ether oxygens (including phenoxy) is 1. The molecule has 0 amide bonds. The minimum absolute atomic E-state index is 0.0796. The predicted molar refractivity (Wildman–Crippen MR) is 49.5 cm³/mol. The van der Waals surface area contributed by atoms with Crippen LogP contribution in [0.1, 0.15) is 5.56 Å². The Labute approximate surface area is 76.6 Å². The van der Waals surface area contributed by atoms with Gasteiger partial charge in [-0.3, -0.25) is 0 Å². The molecule has 13 heavy (non-hydrogen) atoms. The van der Waals surface area contributed by atoms with Gasteiger partial charge in [0.05, 0.1) is 6.61 Å². The van der Waals surface area contributed by atoms with E-state index in [-0.39, 0.29) is 12.4 Å². The number of rotatable bonds is 4. The fourth-order valence-corrected chi connectivity index (χ4v) is 0.877. The molecule has 1 rings (SSSR count). The fourth-order valence-electron chi connectivity index (χ4n) is 0.877. The molecule has 4 nitrogen and oxygen atoms in total. The van der Waals surface area contributed by atoms with E-state index < -0.39 is 0 Å². The highest BCUT2D eigenvalue weighted by molar-refractivity contribution is 5.80. The molecule has 0 aliphatic carbocycles. The number of nitrogens with zero attached hydrogens (tertiary/aromatic N) is 1. The third-order valence-electron chi connectivity index (χ3n) is 1.49. The monoisotopic (exact) mass is 180 g/mol. The molecule has 0 atom stereocenters. The van der Waals surface area contributed by atoms with E-state index in [1.807, 2.05) is 30.3 Å². The third-order valence-corrected chi connectivity index (χ3v) is 1.49. The van der Waals surface area contributed by atoms with Crippen LogP contribution in [0.5, 0.6) is 0 Å². The van der Waals surface area contributed by atoms with E-state index >= 15 is 0 Å². The van der Waals surface area contributed by atoms with Crippen molar-refractivity contribution in [2.24, 2.45) is 10.9 Å². The molecule has 0 aliphatic rings. The van der Waals surface area contributed by atoms with Gasteiger partial charge in [0.15, 0.2) is 5.84 Å². The second kappa shape index (κ2) is 5.16. The highest BCUT2D eigenvalue weighted by atomic mass is 16.5. The summed E-state index contributed by atoms with van der Waals surface area (Å²) in [7, 11) is 0. The largest absolute Gasteiger partial charge is 0.409 e. The summed E-state index contributed by atoms with van der Waals surface area (Å²) < 4.78 is 5.16. The van der Waals surface area contributed by atoms with Crippen LogP contribution in [0.25, 0.3) is 0 Å². The van der Waals surface area contributed by atoms with Crippen molar-refractivity contribution in [1.29, 1.82) is 0 Å². The van der Waals surface area contributed by atoms with Crippen LogP contribution in [-0.2, 0) is 11.3 Å². The summed E-state index contributed by atoms with van der Waals surface area (Å²) in [6.07, 6.45) is 0. The van der Waals surface area contributed by atoms with Crippen molar-refractivity contribution in [3.05, 3.63) is 35.9 Å². The van der Waals surface area contributed by atoms with E-state index in [0.29, 0.717) is 6.61 Å². The van der Waals surface area contributed by atoms with Gasteiger partial charge in [-0.05, 0) is 5.56 Å². The molecule has 0 spiro atoms. The zero-order chi connectivity index (χ0) is 9.52. The number of benzene rings is 1. The van der Waals surface area contributed by atoms with Gasteiger partial charge in [-0.15, -0.1) is 0 Å². The number of hydrogen-bond acceptors (Lipinski definition) is 3. The van der Waals surface area contributed by atoms with Crippen molar-refractivity contribution in [3.8, 4) is 0 Å². The molecule has 0 saturated heterocycles. The summed E-state index contributed by atoms with van der Waals surface area (Å²) in [6.45, 7) is 0.614. The summed E-state index contributed by atoms with van der Waals surface area (Å²) in [5, 5.41) is 11.0. The molecular weight excluding hydrogens is 168 g/mol. The maximum absolute atomic E-state index is 8.21. The molecule has 4 heteroatoms. The molecule has 70 valence electrons. The Hall–Kier alpha value is -1.55. The van der Waals surface area contributed by atoms with Gasteiger partial charge in [0, 0.05) is 0 Å². The van der Waals surface area contributed by atoms with Crippen molar-refractivity contribution < 1.29 is 9.94 Å². The topological polar surface area (TPSA) is 67.8 Å². The van der Waals surface area contributed by atoms with E-state index in [4.69, 9.17) is 15.7 Å². The first-order valence-corrected chi connectivity index (χ1v) is 3.91. The molecule has 0 fully saturated rings. The zero-order valence-electron chi connectivity index (χ0n) is 7.18. The normalized spacial score (nSPS) is 11.5. The summed E-state index contributed by atoms with van der Waals surface area (Å²) in [4.78, 5) is 0. The SMILES string of the molecule is NC(COCc1ccccc1)=NO. The first-order chi connectivity index (χ1) is 6.33. The fraction of sp³-hybridized carbons (Fsp3) is 0.222. The lowest BCUT2D eigenvalue weighted by Crippen LogP contribution is -2.18. The lowest BCUT2D eigenvalue weighted by molar-refractivity contribution is 0.154. The van der Waals surface area contributed by atoms with Gasteiger partial charge >= 0.3 is 0 Å². The molecule has 0 bridgehead atoms. The smallest absolute Gasteiger partial charge is 0.165 e. The van der Waals surface area contributed by atoms with Gasteiger partial charge < -0.3 is 15.7 Å². The van der Waals surface area contributed by atoms with Gasteiger partial charge in [-0.25, -0.2) is 0 Å². The first kappa shape index (κ1) is 9.54. The first-order valence-electron chi connectivity index (χ1n) is 3.91. The molecule has 3 N–H and O–H groups in total. The van der Waals surface area contributed by atoms with Gasteiger partial charge in [0.2, 0.25) is 0 Å². The van der Waals surface area contributed by atoms with Gasteiger partial charge in [-0.2, -0.15) is 0 Å². The maximum Gasteiger partial charge on any atom is 0.165 e. The summed E-state index contributed by atoms with van der Waals surface area (Å²) in [5.74, 6) is 0.0796. The summed E-state index contributed by atoms with van der Waals surface area (Å²) >= 11 is 0. The maximum atomic E-state index is 8.21. The van der Waals surface area contributed by atoms with Gasteiger partial charge in [-0.1, -0.05) is 35.5 Å². The van der Waals surface area contributed by atoms with E-state index in [1.54, 1.807) is 0 Å². The molecule has 0 heterocycles. The third kappa shape index (κ3) is 3.57. The Morgan fingerprint density at radius 3 is 2.69 bits per heavy atom. The van der Waals surface area contributed by atoms with Gasteiger partial charge in [0.25, 0.3) is 0 Å². The Morgan fingerprint density at radius 2 is 2.08 bits per heavy atom. The van der Waals surface area contributed by atoms with E-state index in [9.17, 15) is 0 Å². The summed E-state index contributed by atoms with van der Waals surface area (Å²) in [6, 6.07) is 9.70. The molecule has 0 unspecified atom stereocenters. The average molecular weight is 180 g/mol. The van der Waals surface area contributed by atoms with Crippen molar-refractivity contribution in [2.75, 3.05) is 6.61 Å². The lowest BCUT2D eigenvalue weighted by Gasteiger charge is -2.02. The van der Waals surface area contributed by atoms with Gasteiger partial charge in [0.1, 0.15) is 6.61 Å². The van der Waals surface area contributed by atoms with Crippen LogP contribution in [0.3, 0.4) is 0 Å². The van der Waals surface area contributed by atoms with E-state index in [0.717, 1.165) is 5.56 Å². The Morgan fingerprint density at radius 1 is 1.38 bits per heavy atom. The van der Waals surface area contributed by atoms with Crippen LogP contribution < -0.4 is 5.73 Å². The Kier molecular flexibility index (Phi) is 3.78. The highest BCUT2D eigenvalue weighted by Crippen LogP contribution is 1.99. The number of oxime groups is 1. The van der Waals surface area contributed by atoms with Crippen molar-refractivity contribution in [2.45, 2.75) is 6.61 Å². The summed E-state index contributed by atoms with van der Waals surface area (Å²) in [5.41, 5.74) is 6.28. The minimum Gasteiger partial charge on any atom is -0.409 e. The minimum atomic E-state index is 0.0796. The Bertz CT molecular complexity index is 272. The predicted octanol–water partition coefficient (Wildman–Crippen LogP) is 0.950. The van der Waals surface area contributed by atoms with Crippen LogP contribution in [0.15, 0.2) is 35.5 Å². The lowest BCUT2D eigenvalue weighted by atomic mass is 10.2. The molecular formula is C9H12N2O2. The molecule has 0 radical (unpaired) electrons. The second-order valence-electron chi connectivity index (χ2n) is 2.57. The average Bonchev–Trinajstić information content (AvgIpc) is 2.19. The quantitative estimate of drug-likeness (QED) is 0.314. The van der Waals surface area contributed by atoms with Crippen LogP contribution in [-0.4, -0.2) is 17.6 Å². The van der Waals surface area contributed by atoms with Crippen molar-refractivity contribution in [3.63, 3.8) is 0 Å². The van der Waals surface area contributed by atoms with E-state index in [1.165, 1.54) is 0 Å².